The van der Waals surface area contributed by atoms with E-state index in [1.54, 1.807) is 0 Å². The molecule has 0 radical (unpaired) electrons. The molecule has 1 aliphatic heterocycles. The minimum Gasteiger partial charge on any atom is -0.409 e. The van der Waals surface area contributed by atoms with Crippen LogP contribution in [0.4, 0.5) is 5.82 Å². The lowest BCUT2D eigenvalue weighted by Crippen LogP contribution is -2.54. The van der Waals surface area contributed by atoms with E-state index in [1.165, 1.54) is 0 Å². The predicted octanol–water partition coefficient (Wildman–Crippen LogP) is 0.729. The molecule has 1 aromatic rings. The maximum Gasteiger partial charge on any atom is 0.156 e. The van der Waals surface area contributed by atoms with Gasteiger partial charge in [-0.25, -0.2) is 4.98 Å². The Morgan fingerprint density at radius 1 is 1.42 bits per heavy atom. The average Bonchev–Trinajstić information content (AvgIpc) is 2.49. The Morgan fingerprint density at radius 3 is 2.68 bits per heavy atom. The van der Waals surface area contributed by atoms with Gasteiger partial charge in [0, 0.05) is 32.4 Å². The van der Waals surface area contributed by atoms with Crippen LogP contribution in [0.3, 0.4) is 0 Å². The summed E-state index contributed by atoms with van der Waals surface area (Å²) in [5.74, 6) is 1.31. The quantitative estimate of drug-likeness (QED) is 0.362. The number of aromatic nitrogens is 1. The fourth-order valence-corrected chi connectivity index (χ4v) is 2.52. The van der Waals surface area contributed by atoms with Crippen LogP contribution in [-0.2, 0) is 0 Å². The average molecular weight is 263 g/mol. The second-order valence-electron chi connectivity index (χ2n) is 4.66. The fraction of sp³-hybridized carbons (Fsp3) is 0.538. The third-order valence-electron chi connectivity index (χ3n) is 3.57. The van der Waals surface area contributed by atoms with E-state index in [2.05, 4.69) is 19.9 Å². The number of nitrogens with zero attached hydrogens (tertiary/aromatic N) is 4. The van der Waals surface area contributed by atoms with Gasteiger partial charge in [-0.05, 0) is 18.6 Å². The molecule has 3 N–H and O–H groups in total. The van der Waals surface area contributed by atoms with Gasteiger partial charge in [0.05, 0.1) is 6.04 Å². The lowest BCUT2D eigenvalue weighted by atomic mass is 10.1. The third-order valence-corrected chi connectivity index (χ3v) is 3.57. The zero-order valence-electron chi connectivity index (χ0n) is 11.2. The topological polar surface area (TPSA) is 78.0 Å². The van der Waals surface area contributed by atoms with Gasteiger partial charge in [0.1, 0.15) is 5.82 Å². The first kappa shape index (κ1) is 13.6. The standard InChI is InChI=1S/C13H21N5O/c1-2-11(13(14)16-19)17-7-9-18(10-8-17)12-5-3-4-6-15-12/h3-6,11,19H,2,7-10H2,1H3,(H2,14,16). The number of hydrogen-bond donors (Lipinski definition) is 2. The van der Waals surface area contributed by atoms with Crippen molar-refractivity contribution in [3.05, 3.63) is 24.4 Å². The van der Waals surface area contributed by atoms with Crippen molar-refractivity contribution in [1.82, 2.24) is 9.88 Å². The molecule has 19 heavy (non-hydrogen) atoms. The van der Waals surface area contributed by atoms with Gasteiger partial charge in [0.15, 0.2) is 5.84 Å². The summed E-state index contributed by atoms with van der Waals surface area (Å²) in [5, 5.41) is 12.0. The minimum atomic E-state index is 0.0240. The van der Waals surface area contributed by atoms with E-state index in [1.807, 2.05) is 31.3 Å². The smallest absolute Gasteiger partial charge is 0.156 e. The van der Waals surface area contributed by atoms with Crippen LogP contribution in [0.5, 0.6) is 0 Å². The Hall–Kier alpha value is -1.82. The molecule has 1 atom stereocenters. The van der Waals surface area contributed by atoms with Crippen LogP contribution in [0, 0.1) is 0 Å². The van der Waals surface area contributed by atoms with Crippen LogP contribution in [0.2, 0.25) is 0 Å². The maximum atomic E-state index is 8.81. The Kier molecular flexibility index (Phi) is 4.57. The number of amidine groups is 1. The second-order valence-corrected chi connectivity index (χ2v) is 4.66. The van der Waals surface area contributed by atoms with E-state index in [-0.39, 0.29) is 6.04 Å². The molecule has 0 aromatic carbocycles. The molecule has 0 bridgehead atoms. The van der Waals surface area contributed by atoms with Crippen LogP contribution in [-0.4, -0.2) is 53.1 Å². The van der Waals surface area contributed by atoms with E-state index < -0.39 is 0 Å². The fourth-order valence-electron chi connectivity index (χ4n) is 2.52. The molecule has 104 valence electrons. The van der Waals surface area contributed by atoms with Crippen molar-refractivity contribution in [1.29, 1.82) is 0 Å². The van der Waals surface area contributed by atoms with Gasteiger partial charge in [-0.2, -0.15) is 0 Å². The molecule has 6 heteroatoms. The van der Waals surface area contributed by atoms with Crippen molar-refractivity contribution in [3.63, 3.8) is 0 Å². The number of anilines is 1. The number of nitrogens with two attached hydrogens (primary N) is 1. The van der Waals surface area contributed by atoms with Crippen LogP contribution < -0.4 is 10.6 Å². The van der Waals surface area contributed by atoms with Crippen LogP contribution in [0.15, 0.2) is 29.6 Å². The van der Waals surface area contributed by atoms with Gasteiger partial charge < -0.3 is 15.8 Å². The van der Waals surface area contributed by atoms with Crippen molar-refractivity contribution < 1.29 is 5.21 Å². The van der Waals surface area contributed by atoms with E-state index >= 15 is 0 Å². The van der Waals surface area contributed by atoms with E-state index in [4.69, 9.17) is 10.9 Å². The van der Waals surface area contributed by atoms with Crippen molar-refractivity contribution >= 4 is 11.7 Å². The van der Waals surface area contributed by atoms with Crippen molar-refractivity contribution in [3.8, 4) is 0 Å². The molecule has 0 aliphatic carbocycles. The number of pyridine rings is 1. The highest BCUT2D eigenvalue weighted by Gasteiger charge is 2.25. The lowest BCUT2D eigenvalue weighted by molar-refractivity contribution is 0.215. The monoisotopic (exact) mass is 263 g/mol. The van der Waals surface area contributed by atoms with Crippen LogP contribution >= 0.6 is 0 Å². The summed E-state index contributed by atoms with van der Waals surface area (Å²) in [6.07, 6.45) is 2.66. The summed E-state index contributed by atoms with van der Waals surface area (Å²) in [6, 6.07) is 5.97. The Bertz CT molecular complexity index is 414. The number of piperazine rings is 1. The summed E-state index contributed by atoms with van der Waals surface area (Å²) < 4.78 is 0. The van der Waals surface area contributed by atoms with Crippen LogP contribution in [0.1, 0.15) is 13.3 Å². The highest BCUT2D eigenvalue weighted by atomic mass is 16.4. The molecular formula is C13H21N5O. The molecule has 2 heterocycles. The normalized spacial score (nSPS) is 19.4. The summed E-state index contributed by atoms with van der Waals surface area (Å²) in [5.41, 5.74) is 5.74. The summed E-state index contributed by atoms with van der Waals surface area (Å²) in [7, 11) is 0. The molecule has 2 rings (SSSR count). The second kappa shape index (κ2) is 6.38. The largest absolute Gasteiger partial charge is 0.409 e. The Balaban J connectivity index is 1.95. The number of hydrogen-bond acceptors (Lipinski definition) is 5. The molecule has 6 nitrogen and oxygen atoms in total. The predicted molar refractivity (Wildman–Crippen MR) is 75.5 cm³/mol. The van der Waals surface area contributed by atoms with Gasteiger partial charge in [0.25, 0.3) is 0 Å². The molecule has 1 saturated heterocycles. The van der Waals surface area contributed by atoms with Gasteiger partial charge in [-0.15, -0.1) is 0 Å². The summed E-state index contributed by atoms with van der Waals surface area (Å²) >= 11 is 0. The van der Waals surface area contributed by atoms with Crippen LogP contribution in [0.25, 0.3) is 0 Å². The van der Waals surface area contributed by atoms with Gasteiger partial charge >= 0.3 is 0 Å². The Morgan fingerprint density at radius 2 is 2.16 bits per heavy atom. The summed E-state index contributed by atoms with van der Waals surface area (Å²) in [6.45, 7) is 5.66. The third kappa shape index (κ3) is 3.14. The minimum absolute atomic E-state index is 0.0240. The molecule has 0 amide bonds. The zero-order valence-corrected chi connectivity index (χ0v) is 11.2. The van der Waals surface area contributed by atoms with Gasteiger partial charge in [-0.3, -0.25) is 4.90 Å². The molecule has 1 unspecified atom stereocenters. The number of rotatable bonds is 4. The molecule has 1 fully saturated rings. The van der Waals surface area contributed by atoms with Gasteiger partial charge in [0.2, 0.25) is 0 Å². The highest BCUT2D eigenvalue weighted by Crippen LogP contribution is 2.15. The molecular weight excluding hydrogens is 242 g/mol. The first-order valence-corrected chi connectivity index (χ1v) is 6.63. The number of oxime groups is 1. The molecule has 1 aromatic heterocycles. The van der Waals surface area contributed by atoms with E-state index in [0.717, 1.165) is 38.4 Å². The maximum absolute atomic E-state index is 8.81. The van der Waals surface area contributed by atoms with E-state index in [9.17, 15) is 0 Å². The van der Waals surface area contributed by atoms with Crippen molar-refractivity contribution in [2.45, 2.75) is 19.4 Å². The van der Waals surface area contributed by atoms with Crippen molar-refractivity contribution in [2.75, 3.05) is 31.1 Å². The first-order chi connectivity index (χ1) is 9.26. The SMILES string of the molecule is CCC(C(N)=NO)N1CCN(c2ccccn2)CC1. The molecule has 1 aliphatic rings. The first-order valence-electron chi connectivity index (χ1n) is 6.63. The zero-order chi connectivity index (χ0) is 13.7. The summed E-state index contributed by atoms with van der Waals surface area (Å²) in [4.78, 5) is 8.88. The molecule has 0 spiro atoms. The molecule has 0 saturated carbocycles. The highest BCUT2D eigenvalue weighted by molar-refractivity contribution is 5.85. The lowest BCUT2D eigenvalue weighted by Gasteiger charge is -2.38. The van der Waals surface area contributed by atoms with Gasteiger partial charge in [-0.1, -0.05) is 18.1 Å². The van der Waals surface area contributed by atoms with E-state index in [0.29, 0.717) is 5.84 Å². The van der Waals surface area contributed by atoms with Crippen molar-refractivity contribution in [2.24, 2.45) is 10.9 Å². The Labute approximate surface area is 113 Å².